The van der Waals surface area contributed by atoms with E-state index in [-0.39, 0.29) is 0 Å². The Labute approximate surface area is 115 Å². The molecule has 0 heterocycles. The lowest BCUT2D eigenvalue weighted by Crippen LogP contribution is -2.27. The molecule has 2 N–H and O–H groups in total. The molecule has 0 saturated heterocycles. The lowest BCUT2D eigenvalue weighted by molar-refractivity contribution is -0.138. The Hall–Kier alpha value is -1.51. The third-order valence-corrected chi connectivity index (χ3v) is 4.14. The molecule has 0 unspecified atom stereocenters. The number of para-hydroxylation sites is 1. The summed E-state index contributed by atoms with van der Waals surface area (Å²) in [4.78, 5) is 10.7. The van der Waals surface area contributed by atoms with Gasteiger partial charge in [-0.1, -0.05) is 18.2 Å². The van der Waals surface area contributed by atoms with Gasteiger partial charge in [0.2, 0.25) is 0 Å². The highest BCUT2D eigenvalue weighted by molar-refractivity contribution is 5.67. The fraction of sp³-hybridized carbons (Fsp3) is 0.562. The highest BCUT2D eigenvalue weighted by Gasteiger charge is 2.23. The predicted molar refractivity (Wildman–Crippen MR) is 77.5 cm³/mol. The Bertz CT molecular complexity index is 428. The summed E-state index contributed by atoms with van der Waals surface area (Å²) in [6.07, 6.45) is 4.53. The van der Waals surface area contributed by atoms with E-state index >= 15 is 0 Å². The summed E-state index contributed by atoms with van der Waals surface area (Å²) in [7, 11) is 0. The number of anilines is 1. The van der Waals surface area contributed by atoms with Crippen LogP contribution in [0.4, 0.5) is 5.69 Å². The molecule has 1 fully saturated rings. The van der Waals surface area contributed by atoms with Crippen molar-refractivity contribution in [1.82, 2.24) is 0 Å². The van der Waals surface area contributed by atoms with Crippen LogP contribution < -0.4 is 5.32 Å². The Kier molecular flexibility index (Phi) is 4.46. The van der Waals surface area contributed by atoms with E-state index in [1.165, 1.54) is 16.8 Å². The van der Waals surface area contributed by atoms with Crippen LogP contribution in [0.2, 0.25) is 0 Å². The molecule has 0 bridgehead atoms. The number of hydrogen-bond donors (Lipinski definition) is 2. The van der Waals surface area contributed by atoms with Crippen molar-refractivity contribution < 1.29 is 9.90 Å². The summed E-state index contributed by atoms with van der Waals surface area (Å²) in [6.45, 7) is 4.26. The zero-order chi connectivity index (χ0) is 13.8. The van der Waals surface area contributed by atoms with Crippen LogP contribution >= 0.6 is 0 Å². The number of rotatable bonds is 4. The third kappa shape index (κ3) is 3.72. The van der Waals surface area contributed by atoms with Crippen LogP contribution in [0, 0.1) is 19.8 Å². The van der Waals surface area contributed by atoms with Crippen LogP contribution in [0.15, 0.2) is 18.2 Å². The zero-order valence-corrected chi connectivity index (χ0v) is 11.8. The Morgan fingerprint density at radius 2 is 1.79 bits per heavy atom. The molecule has 104 valence electrons. The van der Waals surface area contributed by atoms with Crippen molar-refractivity contribution in [2.45, 2.75) is 52.0 Å². The van der Waals surface area contributed by atoms with Gasteiger partial charge in [-0.25, -0.2) is 0 Å². The molecule has 19 heavy (non-hydrogen) atoms. The smallest absolute Gasteiger partial charge is 0.303 e. The molecule has 0 spiro atoms. The largest absolute Gasteiger partial charge is 0.481 e. The maximum Gasteiger partial charge on any atom is 0.303 e. The maximum absolute atomic E-state index is 10.7. The molecule has 0 aliphatic heterocycles. The fourth-order valence-corrected chi connectivity index (χ4v) is 3.00. The Morgan fingerprint density at radius 3 is 2.32 bits per heavy atom. The summed E-state index contributed by atoms with van der Waals surface area (Å²) >= 11 is 0. The van der Waals surface area contributed by atoms with Gasteiger partial charge in [0.1, 0.15) is 0 Å². The van der Waals surface area contributed by atoms with E-state index in [2.05, 4.69) is 37.4 Å². The van der Waals surface area contributed by atoms with Crippen molar-refractivity contribution in [2.75, 3.05) is 5.32 Å². The van der Waals surface area contributed by atoms with Gasteiger partial charge in [0.05, 0.1) is 0 Å². The summed E-state index contributed by atoms with van der Waals surface area (Å²) < 4.78 is 0. The average molecular weight is 261 g/mol. The number of aliphatic carboxylic acids is 1. The number of carboxylic acids is 1. The first-order valence-electron chi connectivity index (χ1n) is 7.11. The van der Waals surface area contributed by atoms with Crippen LogP contribution in [0.25, 0.3) is 0 Å². The van der Waals surface area contributed by atoms with Crippen molar-refractivity contribution in [3.63, 3.8) is 0 Å². The van der Waals surface area contributed by atoms with Gasteiger partial charge >= 0.3 is 5.97 Å². The SMILES string of the molecule is Cc1cccc(C)c1NC1CCC(CC(=O)O)CC1. The molecule has 2 rings (SSSR count). The first-order chi connectivity index (χ1) is 9.06. The van der Waals surface area contributed by atoms with Crippen molar-refractivity contribution in [2.24, 2.45) is 5.92 Å². The molecular formula is C16H23NO2. The van der Waals surface area contributed by atoms with Crippen molar-refractivity contribution in [3.05, 3.63) is 29.3 Å². The Balaban J connectivity index is 1.91. The van der Waals surface area contributed by atoms with E-state index in [4.69, 9.17) is 5.11 Å². The minimum atomic E-state index is -0.661. The van der Waals surface area contributed by atoms with Crippen molar-refractivity contribution in [1.29, 1.82) is 0 Å². The topological polar surface area (TPSA) is 49.3 Å². The molecule has 0 radical (unpaired) electrons. The predicted octanol–water partition coefficient (Wildman–Crippen LogP) is 3.75. The van der Waals surface area contributed by atoms with Gasteiger partial charge < -0.3 is 10.4 Å². The lowest BCUT2D eigenvalue weighted by atomic mass is 9.84. The van der Waals surface area contributed by atoms with E-state index in [1.807, 2.05) is 0 Å². The van der Waals surface area contributed by atoms with E-state index in [0.717, 1.165) is 25.7 Å². The highest BCUT2D eigenvalue weighted by Crippen LogP contribution is 2.30. The van der Waals surface area contributed by atoms with E-state index in [1.54, 1.807) is 0 Å². The third-order valence-electron chi connectivity index (χ3n) is 4.14. The van der Waals surface area contributed by atoms with Gasteiger partial charge in [0.25, 0.3) is 0 Å². The van der Waals surface area contributed by atoms with Gasteiger partial charge in [-0.2, -0.15) is 0 Å². The van der Waals surface area contributed by atoms with E-state index in [0.29, 0.717) is 18.4 Å². The molecule has 1 aliphatic rings. The number of aryl methyl sites for hydroxylation is 2. The van der Waals surface area contributed by atoms with Gasteiger partial charge in [-0.05, 0) is 56.6 Å². The Morgan fingerprint density at radius 1 is 1.21 bits per heavy atom. The summed E-state index contributed by atoms with van der Waals surface area (Å²) in [5.41, 5.74) is 3.82. The molecular weight excluding hydrogens is 238 g/mol. The number of carboxylic acid groups (broad SMARTS) is 1. The second-order valence-corrected chi connectivity index (χ2v) is 5.73. The molecule has 0 aromatic heterocycles. The zero-order valence-electron chi connectivity index (χ0n) is 11.8. The normalized spacial score (nSPS) is 23.1. The maximum atomic E-state index is 10.7. The molecule has 1 aromatic carbocycles. The first kappa shape index (κ1) is 13.9. The second kappa shape index (κ2) is 6.09. The minimum absolute atomic E-state index is 0.329. The van der Waals surface area contributed by atoms with E-state index < -0.39 is 5.97 Å². The van der Waals surface area contributed by atoms with Crippen LogP contribution in [0.1, 0.15) is 43.2 Å². The summed E-state index contributed by atoms with van der Waals surface area (Å²) in [5, 5.41) is 12.5. The lowest BCUT2D eigenvalue weighted by Gasteiger charge is -2.30. The van der Waals surface area contributed by atoms with Crippen LogP contribution in [0.5, 0.6) is 0 Å². The van der Waals surface area contributed by atoms with Gasteiger partial charge in [0.15, 0.2) is 0 Å². The van der Waals surface area contributed by atoms with Crippen molar-refractivity contribution in [3.8, 4) is 0 Å². The van der Waals surface area contributed by atoms with E-state index in [9.17, 15) is 4.79 Å². The molecule has 3 nitrogen and oxygen atoms in total. The fourth-order valence-electron chi connectivity index (χ4n) is 3.00. The standard InChI is InChI=1S/C16H23NO2/c1-11-4-3-5-12(2)16(11)17-14-8-6-13(7-9-14)10-15(18)19/h3-5,13-14,17H,6-10H2,1-2H3,(H,18,19). The summed E-state index contributed by atoms with van der Waals surface area (Å²) in [5.74, 6) is -0.292. The van der Waals surface area contributed by atoms with Gasteiger partial charge in [-0.3, -0.25) is 4.79 Å². The average Bonchev–Trinajstić information content (AvgIpc) is 2.35. The first-order valence-corrected chi connectivity index (χ1v) is 7.11. The minimum Gasteiger partial charge on any atom is -0.481 e. The van der Waals surface area contributed by atoms with Crippen LogP contribution in [-0.4, -0.2) is 17.1 Å². The quantitative estimate of drug-likeness (QED) is 0.867. The summed E-state index contributed by atoms with van der Waals surface area (Å²) in [6, 6.07) is 6.83. The molecule has 0 atom stereocenters. The molecule has 1 aromatic rings. The van der Waals surface area contributed by atoms with Crippen molar-refractivity contribution >= 4 is 11.7 Å². The van der Waals surface area contributed by atoms with Crippen LogP contribution in [-0.2, 0) is 4.79 Å². The monoisotopic (exact) mass is 261 g/mol. The van der Waals surface area contributed by atoms with Gasteiger partial charge in [-0.15, -0.1) is 0 Å². The molecule has 0 amide bonds. The highest BCUT2D eigenvalue weighted by atomic mass is 16.4. The number of carbonyl (C=O) groups is 1. The van der Waals surface area contributed by atoms with Gasteiger partial charge in [0, 0.05) is 18.2 Å². The number of benzene rings is 1. The second-order valence-electron chi connectivity index (χ2n) is 5.73. The number of nitrogens with one attached hydrogen (secondary N) is 1. The molecule has 1 saturated carbocycles. The molecule has 1 aliphatic carbocycles. The number of hydrogen-bond acceptors (Lipinski definition) is 2. The van der Waals surface area contributed by atoms with Crippen LogP contribution in [0.3, 0.4) is 0 Å². The molecule has 3 heteroatoms.